The van der Waals surface area contributed by atoms with E-state index in [4.69, 9.17) is 4.74 Å². The summed E-state index contributed by atoms with van der Waals surface area (Å²) in [7, 11) is 1.28. The van der Waals surface area contributed by atoms with Crippen LogP contribution in [0.3, 0.4) is 0 Å². The van der Waals surface area contributed by atoms with Crippen LogP contribution in [-0.2, 0) is 14.3 Å². The van der Waals surface area contributed by atoms with Crippen LogP contribution >= 0.6 is 0 Å². The van der Waals surface area contributed by atoms with Gasteiger partial charge in [-0.05, 0) is 0 Å². The highest BCUT2D eigenvalue weighted by Gasteiger charge is 2.46. The first kappa shape index (κ1) is 10.8. The Morgan fingerprint density at radius 1 is 1.50 bits per heavy atom. The van der Waals surface area contributed by atoms with Gasteiger partial charge in [0.25, 0.3) is 0 Å². The number of carbonyl (C=O) groups is 2. The average molecular weight is 201 g/mol. The number of alkyl carbamates (subject to hydrolysis) is 1. The normalized spacial score (nSPS) is 26.7. The molecule has 0 aromatic carbocycles. The highest BCUT2D eigenvalue weighted by Crippen LogP contribution is 2.28. The number of ether oxygens (including phenoxy) is 2. The molecule has 1 N–H and O–H groups in total. The molecule has 1 rings (SSSR count). The summed E-state index contributed by atoms with van der Waals surface area (Å²) in [6.07, 6.45) is -1.05. The Morgan fingerprint density at radius 2 is 2.07 bits per heavy atom. The third-order valence-electron chi connectivity index (χ3n) is 2.12. The number of amides is 1. The SMILES string of the molecule is COC(=O)C1NC(=O)OC1C(C)(C)C. The lowest BCUT2D eigenvalue weighted by Gasteiger charge is -2.27. The molecule has 80 valence electrons. The van der Waals surface area contributed by atoms with E-state index in [1.165, 1.54) is 7.11 Å². The molecule has 1 fully saturated rings. The number of nitrogens with one attached hydrogen (secondary N) is 1. The lowest BCUT2D eigenvalue weighted by molar-refractivity contribution is -0.145. The van der Waals surface area contributed by atoms with Crippen molar-refractivity contribution in [3.63, 3.8) is 0 Å². The Hall–Kier alpha value is -1.26. The fourth-order valence-corrected chi connectivity index (χ4v) is 1.41. The standard InChI is InChI=1S/C9H15NO4/c1-9(2,3)6-5(7(11)13-4)10-8(12)14-6/h5-6H,1-4H3,(H,10,12). The van der Waals surface area contributed by atoms with Crippen LogP contribution in [0.1, 0.15) is 20.8 Å². The highest BCUT2D eigenvalue weighted by atomic mass is 16.6. The number of esters is 1. The van der Waals surface area contributed by atoms with Crippen LogP contribution in [0, 0.1) is 5.41 Å². The lowest BCUT2D eigenvalue weighted by atomic mass is 9.85. The average Bonchev–Trinajstić information content (AvgIpc) is 2.45. The van der Waals surface area contributed by atoms with E-state index in [1.54, 1.807) is 0 Å². The van der Waals surface area contributed by atoms with E-state index in [9.17, 15) is 9.59 Å². The fourth-order valence-electron chi connectivity index (χ4n) is 1.41. The maximum Gasteiger partial charge on any atom is 0.408 e. The minimum atomic E-state index is -0.701. The Balaban J connectivity index is 2.83. The number of carbonyl (C=O) groups excluding carboxylic acids is 2. The number of rotatable bonds is 1. The predicted molar refractivity (Wildman–Crippen MR) is 48.7 cm³/mol. The summed E-state index contributed by atoms with van der Waals surface area (Å²) in [5.74, 6) is -0.476. The van der Waals surface area contributed by atoms with Crippen molar-refractivity contribution < 1.29 is 19.1 Å². The summed E-state index contributed by atoms with van der Waals surface area (Å²) in [5, 5.41) is 2.43. The summed E-state index contributed by atoms with van der Waals surface area (Å²) < 4.78 is 9.58. The highest BCUT2D eigenvalue weighted by molar-refractivity contribution is 5.85. The Bertz CT molecular complexity index is 256. The van der Waals surface area contributed by atoms with Gasteiger partial charge in [0.15, 0.2) is 6.04 Å². The van der Waals surface area contributed by atoms with E-state index < -0.39 is 24.2 Å². The molecule has 1 aliphatic heterocycles. The van der Waals surface area contributed by atoms with Crippen molar-refractivity contribution in [2.75, 3.05) is 7.11 Å². The Morgan fingerprint density at radius 3 is 2.50 bits per heavy atom. The van der Waals surface area contributed by atoms with Crippen molar-refractivity contribution in [1.82, 2.24) is 5.32 Å². The second kappa shape index (κ2) is 3.48. The molecular formula is C9H15NO4. The number of cyclic esters (lactones) is 1. The first-order valence-electron chi connectivity index (χ1n) is 4.41. The van der Waals surface area contributed by atoms with Gasteiger partial charge in [-0.1, -0.05) is 20.8 Å². The molecule has 1 saturated heterocycles. The van der Waals surface area contributed by atoms with Gasteiger partial charge in [-0.3, -0.25) is 0 Å². The fraction of sp³-hybridized carbons (Fsp3) is 0.778. The predicted octanol–water partition coefficient (Wildman–Crippen LogP) is 0.682. The van der Waals surface area contributed by atoms with Crippen molar-refractivity contribution in [2.45, 2.75) is 32.9 Å². The maximum atomic E-state index is 11.3. The largest absolute Gasteiger partial charge is 0.467 e. The zero-order valence-corrected chi connectivity index (χ0v) is 8.79. The van der Waals surface area contributed by atoms with Crippen LogP contribution in [0.15, 0.2) is 0 Å². The molecule has 0 spiro atoms. The smallest absolute Gasteiger partial charge is 0.408 e. The third kappa shape index (κ3) is 1.97. The second-order valence-electron chi connectivity index (χ2n) is 4.34. The quantitative estimate of drug-likeness (QED) is 0.634. The Kier molecular flexibility index (Phi) is 2.69. The molecule has 5 nitrogen and oxygen atoms in total. The van der Waals surface area contributed by atoms with Crippen LogP contribution in [0.4, 0.5) is 4.79 Å². The summed E-state index contributed by atoms with van der Waals surface area (Å²) in [5.41, 5.74) is -0.294. The van der Waals surface area contributed by atoms with E-state index in [-0.39, 0.29) is 5.41 Å². The van der Waals surface area contributed by atoms with Crippen LogP contribution in [0.5, 0.6) is 0 Å². The van der Waals surface area contributed by atoms with Crippen LogP contribution in [0.25, 0.3) is 0 Å². The van der Waals surface area contributed by atoms with Crippen LogP contribution in [-0.4, -0.2) is 31.3 Å². The zero-order valence-electron chi connectivity index (χ0n) is 8.79. The van der Waals surface area contributed by atoms with Crippen LogP contribution < -0.4 is 5.32 Å². The molecule has 0 bridgehead atoms. The molecule has 5 heteroatoms. The van der Waals surface area contributed by atoms with Gasteiger partial charge < -0.3 is 14.8 Å². The Labute approximate surface area is 82.8 Å². The van der Waals surface area contributed by atoms with Gasteiger partial charge in [-0.25, -0.2) is 9.59 Å². The number of hydrogen-bond donors (Lipinski definition) is 1. The molecule has 1 aliphatic rings. The van der Waals surface area contributed by atoms with Crippen LogP contribution in [0.2, 0.25) is 0 Å². The number of methoxy groups -OCH3 is 1. The minimum Gasteiger partial charge on any atom is -0.467 e. The summed E-state index contributed by atoms with van der Waals surface area (Å²) in [6, 6.07) is -0.701. The van der Waals surface area contributed by atoms with Gasteiger partial charge in [-0.2, -0.15) is 0 Å². The van der Waals surface area contributed by atoms with Gasteiger partial charge in [0.1, 0.15) is 6.10 Å². The molecule has 0 aromatic heterocycles. The van der Waals surface area contributed by atoms with E-state index in [1.807, 2.05) is 20.8 Å². The van der Waals surface area contributed by atoms with Gasteiger partial charge in [-0.15, -0.1) is 0 Å². The molecular weight excluding hydrogens is 186 g/mol. The zero-order chi connectivity index (χ0) is 10.9. The molecule has 0 radical (unpaired) electrons. The van der Waals surface area contributed by atoms with E-state index in [0.29, 0.717) is 0 Å². The first-order chi connectivity index (χ1) is 6.36. The van der Waals surface area contributed by atoms with Crippen molar-refractivity contribution in [3.8, 4) is 0 Å². The number of hydrogen-bond acceptors (Lipinski definition) is 4. The topological polar surface area (TPSA) is 64.6 Å². The van der Waals surface area contributed by atoms with Gasteiger partial charge in [0.05, 0.1) is 7.11 Å². The lowest BCUT2D eigenvalue weighted by Crippen LogP contribution is -2.45. The monoisotopic (exact) mass is 201 g/mol. The van der Waals surface area contributed by atoms with Gasteiger partial charge >= 0.3 is 12.1 Å². The van der Waals surface area contributed by atoms with Crippen molar-refractivity contribution in [1.29, 1.82) is 0 Å². The van der Waals surface area contributed by atoms with Gasteiger partial charge in [0.2, 0.25) is 0 Å². The molecule has 2 atom stereocenters. The molecule has 0 saturated carbocycles. The van der Waals surface area contributed by atoms with E-state index in [0.717, 1.165) is 0 Å². The first-order valence-corrected chi connectivity index (χ1v) is 4.41. The van der Waals surface area contributed by atoms with E-state index >= 15 is 0 Å². The minimum absolute atomic E-state index is 0.294. The molecule has 1 amide bonds. The maximum absolute atomic E-state index is 11.3. The van der Waals surface area contributed by atoms with Crippen molar-refractivity contribution in [2.24, 2.45) is 5.41 Å². The summed E-state index contributed by atoms with van der Waals surface area (Å²) in [4.78, 5) is 22.3. The molecule has 1 heterocycles. The molecule has 0 aliphatic carbocycles. The van der Waals surface area contributed by atoms with E-state index in [2.05, 4.69) is 10.1 Å². The summed E-state index contributed by atoms with van der Waals surface area (Å²) in [6.45, 7) is 5.69. The summed E-state index contributed by atoms with van der Waals surface area (Å²) >= 11 is 0. The molecule has 14 heavy (non-hydrogen) atoms. The van der Waals surface area contributed by atoms with Crippen molar-refractivity contribution >= 4 is 12.1 Å². The van der Waals surface area contributed by atoms with Gasteiger partial charge in [0, 0.05) is 5.41 Å². The molecule has 0 aromatic rings. The third-order valence-corrected chi connectivity index (χ3v) is 2.12. The molecule has 2 unspecified atom stereocenters. The second-order valence-corrected chi connectivity index (χ2v) is 4.34. The van der Waals surface area contributed by atoms with Crippen molar-refractivity contribution in [3.05, 3.63) is 0 Å².